The van der Waals surface area contributed by atoms with Gasteiger partial charge in [-0.1, -0.05) is 13.8 Å². The largest absolute Gasteiger partial charge is 0.444 e. The molecule has 5 heteroatoms. The molecule has 2 atom stereocenters. The molecule has 0 saturated carbocycles. The zero-order chi connectivity index (χ0) is 16.8. The van der Waals surface area contributed by atoms with Gasteiger partial charge in [0.15, 0.2) is 0 Å². The van der Waals surface area contributed by atoms with Crippen LogP contribution in [0, 0.1) is 0 Å². The van der Waals surface area contributed by atoms with Crippen molar-refractivity contribution in [3.05, 3.63) is 21.9 Å². The summed E-state index contributed by atoms with van der Waals surface area (Å²) in [6, 6.07) is 4.90. The van der Waals surface area contributed by atoms with Gasteiger partial charge in [0.1, 0.15) is 5.60 Å². The second-order valence-electron chi connectivity index (χ2n) is 6.53. The molecule has 1 aromatic rings. The van der Waals surface area contributed by atoms with Gasteiger partial charge in [-0.3, -0.25) is 0 Å². The number of carbonyl (C=O) groups is 1. The molecular weight excluding hydrogens is 296 g/mol. The van der Waals surface area contributed by atoms with E-state index in [0.717, 1.165) is 12.8 Å². The van der Waals surface area contributed by atoms with Crippen molar-refractivity contribution in [2.45, 2.75) is 72.1 Å². The lowest BCUT2D eigenvalue weighted by atomic mass is 10.1. The molecular formula is C17H30N2O2S. The summed E-state index contributed by atoms with van der Waals surface area (Å²) in [5.74, 6) is 0. The molecule has 126 valence electrons. The molecule has 1 aromatic heterocycles. The van der Waals surface area contributed by atoms with Gasteiger partial charge in [0, 0.05) is 28.4 Å². The molecule has 0 aliphatic rings. The van der Waals surface area contributed by atoms with E-state index in [9.17, 15) is 4.79 Å². The minimum atomic E-state index is -0.458. The van der Waals surface area contributed by atoms with E-state index in [1.165, 1.54) is 9.75 Å². The summed E-state index contributed by atoms with van der Waals surface area (Å²) in [5, 5.41) is 6.42. The van der Waals surface area contributed by atoms with Crippen LogP contribution in [0.25, 0.3) is 0 Å². The maximum absolute atomic E-state index is 11.7. The number of nitrogens with one attached hydrogen (secondary N) is 2. The molecule has 0 aromatic carbocycles. The van der Waals surface area contributed by atoms with Crippen LogP contribution < -0.4 is 10.6 Å². The monoisotopic (exact) mass is 326 g/mol. The molecule has 2 N–H and O–H groups in total. The molecule has 22 heavy (non-hydrogen) atoms. The lowest BCUT2D eigenvalue weighted by molar-refractivity contribution is 0.0521. The second kappa shape index (κ2) is 8.53. The fourth-order valence-corrected chi connectivity index (χ4v) is 3.06. The van der Waals surface area contributed by atoms with Crippen LogP contribution in [-0.2, 0) is 11.2 Å². The number of thiophene rings is 1. The van der Waals surface area contributed by atoms with Crippen LogP contribution in [0.4, 0.5) is 4.79 Å². The molecule has 0 aliphatic heterocycles. The van der Waals surface area contributed by atoms with Gasteiger partial charge in [0.05, 0.1) is 0 Å². The van der Waals surface area contributed by atoms with E-state index in [0.29, 0.717) is 6.54 Å². The van der Waals surface area contributed by atoms with Gasteiger partial charge in [-0.2, -0.15) is 0 Å². The summed E-state index contributed by atoms with van der Waals surface area (Å²) in [5.41, 5.74) is -0.458. The Morgan fingerprint density at radius 3 is 2.50 bits per heavy atom. The minimum absolute atomic E-state index is 0.231. The Labute approximate surface area is 138 Å². The summed E-state index contributed by atoms with van der Waals surface area (Å²) in [6.45, 7) is 12.6. The molecule has 0 bridgehead atoms. The number of alkyl carbamates (subject to hydrolysis) is 1. The molecule has 1 rings (SSSR count). The van der Waals surface area contributed by atoms with Crippen LogP contribution in [-0.4, -0.2) is 24.3 Å². The van der Waals surface area contributed by atoms with Crippen LogP contribution in [0.5, 0.6) is 0 Å². The highest BCUT2D eigenvalue weighted by Gasteiger charge is 2.18. The van der Waals surface area contributed by atoms with Gasteiger partial charge in [0.25, 0.3) is 0 Å². The van der Waals surface area contributed by atoms with Gasteiger partial charge in [-0.25, -0.2) is 4.79 Å². The molecule has 4 nitrogen and oxygen atoms in total. The number of ether oxygens (including phenoxy) is 1. The van der Waals surface area contributed by atoms with Crippen LogP contribution in [0.2, 0.25) is 0 Å². The third-order valence-electron chi connectivity index (χ3n) is 3.33. The van der Waals surface area contributed by atoms with Crippen molar-refractivity contribution < 1.29 is 9.53 Å². The van der Waals surface area contributed by atoms with Crippen LogP contribution in [0.15, 0.2) is 12.1 Å². The Kier molecular flexibility index (Phi) is 7.36. The van der Waals surface area contributed by atoms with E-state index in [2.05, 4.69) is 43.5 Å². The van der Waals surface area contributed by atoms with E-state index in [-0.39, 0.29) is 18.2 Å². The summed E-state index contributed by atoms with van der Waals surface area (Å²) >= 11 is 1.85. The first-order valence-corrected chi connectivity index (χ1v) is 8.88. The van der Waals surface area contributed by atoms with Crippen LogP contribution in [0.1, 0.15) is 63.8 Å². The molecule has 2 unspecified atom stereocenters. The standard InChI is InChI=1S/C17H30N2O2S/c1-7-13(11-18-16(20)21-17(4,5)6)19-12(3)15-10-9-14(8-2)22-15/h9-10,12-13,19H,7-8,11H2,1-6H3,(H,18,20). The Morgan fingerprint density at radius 1 is 1.32 bits per heavy atom. The van der Waals surface area contributed by atoms with Crippen molar-refractivity contribution in [1.82, 2.24) is 10.6 Å². The average molecular weight is 327 g/mol. The number of rotatable bonds is 7. The molecule has 0 fully saturated rings. The topological polar surface area (TPSA) is 50.4 Å². The van der Waals surface area contributed by atoms with E-state index in [1.807, 2.05) is 32.1 Å². The highest BCUT2D eigenvalue weighted by molar-refractivity contribution is 7.12. The normalized spacial score (nSPS) is 14.5. The van der Waals surface area contributed by atoms with Crippen molar-refractivity contribution >= 4 is 17.4 Å². The zero-order valence-corrected chi connectivity index (χ0v) is 15.5. The number of hydrogen-bond donors (Lipinski definition) is 2. The SMILES string of the molecule is CCc1ccc(C(C)NC(CC)CNC(=O)OC(C)(C)C)s1. The predicted octanol–water partition coefficient (Wildman–Crippen LogP) is 4.26. The van der Waals surface area contributed by atoms with Gasteiger partial charge >= 0.3 is 6.09 Å². The Bertz CT molecular complexity index is 465. The predicted molar refractivity (Wildman–Crippen MR) is 93.6 cm³/mol. The number of amides is 1. The Hall–Kier alpha value is -1.07. The van der Waals surface area contributed by atoms with Gasteiger partial charge in [-0.05, 0) is 52.7 Å². The molecule has 0 radical (unpaired) electrons. The molecule has 0 spiro atoms. The van der Waals surface area contributed by atoms with E-state index >= 15 is 0 Å². The van der Waals surface area contributed by atoms with Crippen molar-refractivity contribution in [2.75, 3.05) is 6.54 Å². The summed E-state index contributed by atoms with van der Waals surface area (Å²) in [7, 11) is 0. The van der Waals surface area contributed by atoms with Crippen molar-refractivity contribution in [1.29, 1.82) is 0 Å². The number of hydrogen-bond acceptors (Lipinski definition) is 4. The van der Waals surface area contributed by atoms with E-state index < -0.39 is 5.60 Å². The van der Waals surface area contributed by atoms with Crippen molar-refractivity contribution in [3.63, 3.8) is 0 Å². The number of carbonyl (C=O) groups excluding carboxylic acids is 1. The summed E-state index contributed by atoms with van der Waals surface area (Å²) in [6.07, 6.45) is 1.67. The van der Waals surface area contributed by atoms with Crippen molar-refractivity contribution in [3.8, 4) is 0 Å². The summed E-state index contributed by atoms with van der Waals surface area (Å²) in [4.78, 5) is 14.5. The van der Waals surface area contributed by atoms with Gasteiger partial charge < -0.3 is 15.4 Å². The minimum Gasteiger partial charge on any atom is -0.444 e. The fraction of sp³-hybridized carbons (Fsp3) is 0.706. The third kappa shape index (κ3) is 6.79. The quantitative estimate of drug-likeness (QED) is 0.787. The lowest BCUT2D eigenvalue weighted by Gasteiger charge is -2.24. The third-order valence-corrected chi connectivity index (χ3v) is 4.74. The van der Waals surface area contributed by atoms with Crippen LogP contribution in [0.3, 0.4) is 0 Å². The lowest BCUT2D eigenvalue weighted by Crippen LogP contribution is -2.43. The smallest absolute Gasteiger partial charge is 0.407 e. The second-order valence-corrected chi connectivity index (χ2v) is 7.73. The first-order valence-electron chi connectivity index (χ1n) is 8.06. The molecule has 1 heterocycles. The summed E-state index contributed by atoms with van der Waals surface area (Å²) < 4.78 is 5.26. The maximum atomic E-state index is 11.7. The fourth-order valence-electron chi connectivity index (χ4n) is 2.09. The molecule has 0 aliphatic carbocycles. The van der Waals surface area contributed by atoms with Gasteiger partial charge in [-0.15, -0.1) is 11.3 Å². The highest BCUT2D eigenvalue weighted by Crippen LogP contribution is 2.24. The number of aryl methyl sites for hydroxylation is 1. The van der Waals surface area contributed by atoms with Crippen molar-refractivity contribution in [2.24, 2.45) is 0 Å². The highest BCUT2D eigenvalue weighted by atomic mass is 32.1. The van der Waals surface area contributed by atoms with E-state index in [1.54, 1.807) is 0 Å². The van der Waals surface area contributed by atoms with Crippen LogP contribution >= 0.6 is 11.3 Å². The maximum Gasteiger partial charge on any atom is 0.407 e. The first-order chi connectivity index (χ1) is 10.2. The first kappa shape index (κ1) is 19.0. The van der Waals surface area contributed by atoms with E-state index in [4.69, 9.17) is 4.74 Å². The molecule has 1 amide bonds. The molecule has 0 saturated heterocycles. The van der Waals surface area contributed by atoms with Gasteiger partial charge in [0.2, 0.25) is 0 Å². The Morgan fingerprint density at radius 2 is 2.00 bits per heavy atom. The Balaban J connectivity index is 2.45. The average Bonchev–Trinajstić information content (AvgIpc) is 2.90. The zero-order valence-electron chi connectivity index (χ0n) is 14.7.